The van der Waals surface area contributed by atoms with Gasteiger partial charge in [0.05, 0.1) is 27.6 Å². The molecule has 0 unspecified atom stereocenters. The average molecular weight is 1020 g/mol. The number of carbonyl (C=O) groups excluding carboxylic acids is 4. The molecule has 57 heavy (non-hydrogen) atoms. The van der Waals surface area contributed by atoms with E-state index in [1.807, 2.05) is 42.5 Å². The van der Waals surface area contributed by atoms with Crippen LogP contribution < -0.4 is 15.5 Å². The fourth-order valence-electron chi connectivity index (χ4n) is 7.36. The van der Waals surface area contributed by atoms with E-state index >= 15 is 0 Å². The number of piperidine rings is 1. The molecular formula is C42H44I2N4O8S. The van der Waals surface area contributed by atoms with Crippen molar-refractivity contribution in [2.75, 3.05) is 35.7 Å². The first-order valence-electron chi connectivity index (χ1n) is 18.9. The van der Waals surface area contributed by atoms with Gasteiger partial charge in [0.25, 0.3) is 11.8 Å². The van der Waals surface area contributed by atoms with Crippen LogP contribution >= 0.6 is 46.0 Å². The van der Waals surface area contributed by atoms with Crippen molar-refractivity contribution in [1.82, 2.24) is 4.31 Å². The Labute approximate surface area is 361 Å². The van der Waals surface area contributed by atoms with Gasteiger partial charge in [0.15, 0.2) is 46.0 Å². The minimum absolute atomic E-state index is 0.0236. The smallest absolute Gasteiger partial charge is 0.347 e. The predicted molar refractivity (Wildman–Crippen MR) is 235 cm³/mol. The average Bonchev–Trinajstić information content (AvgIpc) is 3.26. The Morgan fingerprint density at radius 2 is 1.39 bits per heavy atom. The highest BCUT2D eigenvalue weighted by molar-refractivity contribution is 14.1. The number of aryl methyl sites for hydroxylation is 2. The molecule has 4 aromatic rings. The van der Waals surface area contributed by atoms with Crippen LogP contribution in [-0.4, -0.2) is 62.7 Å². The topological polar surface area (TPSA) is 151 Å². The minimum Gasteiger partial charge on any atom is -0.394 e. The number of benzene rings is 4. The maximum atomic E-state index is 13.9. The number of anilines is 3. The second-order valence-corrected chi connectivity index (χ2v) is 17.3. The van der Waals surface area contributed by atoms with Gasteiger partial charge in [-0.2, -0.15) is 4.31 Å². The lowest BCUT2D eigenvalue weighted by atomic mass is 9.86. The molecule has 300 valence electrons. The zero-order chi connectivity index (χ0) is 40.5. The van der Waals surface area contributed by atoms with Gasteiger partial charge in [-0.25, -0.2) is 13.2 Å². The van der Waals surface area contributed by atoms with Crippen molar-refractivity contribution >= 4 is 96.9 Å². The molecule has 1 aliphatic carbocycles. The van der Waals surface area contributed by atoms with E-state index in [1.165, 1.54) is 35.6 Å². The van der Waals surface area contributed by atoms with E-state index in [0.717, 1.165) is 62.0 Å². The first-order valence-corrected chi connectivity index (χ1v) is 22.1. The summed E-state index contributed by atoms with van der Waals surface area (Å²) in [5.74, 6) is -1.88. The number of carbonyl (C=O) groups is 4. The zero-order valence-electron chi connectivity index (χ0n) is 31.4. The number of halogens is 2. The molecule has 2 N–H and O–H groups in total. The van der Waals surface area contributed by atoms with E-state index in [9.17, 15) is 27.6 Å². The molecule has 1 heterocycles. The van der Waals surface area contributed by atoms with Gasteiger partial charge < -0.3 is 21.7 Å². The van der Waals surface area contributed by atoms with Crippen LogP contribution in [0.5, 0.6) is 0 Å². The molecule has 2 aliphatic rings. The molecule has 12 nitrogen and oxygen atoms in total. The van der Waals surface area contributed by atoms with E-state index in [1.54, 1.807) is 70.3 Å². The van der Waals surface area contributed by atoms with Gasteiger partial charge >= 0.3 is 11.9 Å². The Morgan fingerprint density at radius 1 is 0.737 bits per heavy atom. The molecule has 0 bridgehead atoms. The van der Waals surface area contributed by atoms with Gasteiger partial charge in [-0.05, 0) is 130 Å². The van der Waals surface area contributed by atoms with Gasteiger partial charge in [-0.15, -0.1) is 0 Å². The number of amides is 2. The van der Waals surface area contributed by atoms with Crippen LogP contribution in [0.15, 0.2) is 95.9 Å². The summed E-state index contributed by atoms with van der Waals surface area (Å²) >= 11 is 3.15. The number of rotatable bonds is 13. The van der Waals surface area contributed by atoms with Crippen LogP contribution in [0, 0.1) is 5.92 Å². The molecule has 1 aliphatic heterocycles. The molecule has 1 saturated carbocycles. The van der Waals surface area contributed by atoms with Crippen LogP contribution in [-0.2, 0) is 33.8 Å². The first kappa shape index (κ1) is 42.5. The van der Waals surface area contributed by atoms with Crippen molar-refractivity contribution in [3.8, 4) is 0 Å². The molecular weight excluding hydrogens is 974 g/mol. The number of hydrogen-bond donors (Lipinski definition) is 2. The molecule has 0 atom stereocenters. The molecule has 2 fully saturated rings. The first-order chi connectivity index (χ1) is 27.5. The SMILES string of the molecule is CN(C1CCC(C(=O)OI)CC1)S(=O)(=O)c1cccc(C(=O)Nc2ccc(N3CCCCC3)cc2C(=O)Nc2ccc(CCc3ccc(C(=O)OI)cc3)cc2)c1. The van der Waals surface area contributed by atoms with Crippen molar-refractivity contribution < 1.29 is 33.7 Å². The summed E-state index contributed by atoms with van der Waals surface area (Å²) in [4.78, 5) is 53.6. The molecule has 15 heteroatoms. The third kappa shape index (κ3) is 10.7. The number of nitrogens with one attached hydrogen (secondary N) is 2. The summed E-state index contributed by atoms with van der Waals surface area (Å²) in [7, 11) is -2.43. The van der Waals surface area contributed by atoms with E-state index in [2.05, 4.69) is 15.5 Å². The fourth-order valence-corrected chi connectivity index (χ4v) is 9.44. The third-order valence-corrected chi connectivity index (χ3v) is 13.5. The zero-order valence-corrected chi connectivity index (χ0v) is 36.5. The second-order valence-electron chi connectivity index (χ2n) is 14.4. The van der Waals surface area contributed by atoms with E-state index in [0.29, 0.717) is 42.6 Å². The van der Waals surface area contributed by atoms with E-state index in [4.69, 9.17) is 6.13 Å². The Morgan fingerprint density at radius 3 is 2.02 bits per heavy atom. The Kier molecular flexibility index (Phi) is 14.6. The molecule has 1 saturated heterocycles. The molecule has 0 spiro atoms. The quantitative estimate of drug-likeness (QED) is 0.126. The van der Waals surface area contributed by atoms with Crippen molar-refractivity contribution in [1.29, 1.82) is 0 Å². The highest BCUT2D eigenvalue weighted by Gasteiger charge is 2.34. The van der Waals surface area contributed by atoms with Crippen molar-refractivity contribution in [2.45, 2.75) is 68.7 Å². The van der Waals surface area contributed by atoms with Crippen LogP contribution in [0.2, 0.25) is 0 Å². The standard InChI is InChI=1S/C42H44I2N4O8S/c1-47(34-20-16-31(17-21-34)42(52)56-44)57(53,54)36-7-5-6-32(26-36)39(49)46-38-23-22-35(48-24-3-2-4-25-48)27-37(38)40(50)45-33-18-12-29(13-19-33)9-8-28-10-14-30(15-11-28)41(51)55-43/h5-7,10-15,18-19,22-23,26-27,31,34H,2-4,8-9,16-17,20-21,24-25H2,1H3,(H,45,50)(H,46,49). The van der Waals surface area contributed by atoms with Gasteiger partial charge in [-0.1, -0.05) is 30.3 Å². The van der Waals surface area contributed by atoms with Crippen LogP contribution in [0.25, 0.3) is 0 Å². The molecule has 2 amide bonds. The van der Waals surface area contributed by atoms with Crippen molar-refractivity contribution in [2.24, 2.45) is 5.92 Å². The van der Waals surface area contributed by atoms with Gasteiger partial charge in [-0.3, -0.25) is 14.4 Å². The van der Waals surface area contributed by atoms with Crippen molar-refractivity contribution in [3.05, 3.63) is 119 Å². The maximum absolute atomic E-state index is 13.9. The van der Waals surface area contributed by atoms with Crippen LogP contribution in [0.1, 0.15) is 87.1 Å². The van der Waals surface area contributed by atoms with E-state index in [-0.39, 0.29) is 39.9 Å². The summed E-state index contributed by atoms with van der Waals surface area (Å²) in [6.45, 7) is 1.73. The lowest BCUT2D eigenvalue weighted by Gasteiger charge is -2.33. The summed E-state index contributed by atoms with van der Waals surface area (Å²) in [5, 5.41) is 5.86. The lowest BCUT2D eigenvalue weighted by Crippen LogP contribution is -2.40. The molecule has 0 aromatic heterocycles. The third-order valence-electron chi connectivity index (χ3n) is 10.8. The monoisotopic (exact) mass is 1020 g/mol. The lowest BCUT2D eigenvalue weighted by molar-refractivity contribution is -0.137. The highest BCUT2D eigenvalue weighted by atomic mass is 127. The highest BCUT2D eigenvalue weighted by Crippen LogP contribution is 2.32. The second kappa shape index (κ2) is 19.6. The summed E-state index contributed by atoms with van der Waals surface area (Å²) in [5.41, 5.74) is 4.81. The Bertz CT molecular complexity index is 2190. The summed E-state index contributed by atoms with van der Waals surface area (Å²) in [6, 6.07) is 25.9. The number of hydrogen-bond acceptors (Lipinski definition) is 9. The van der Waals surface area contributed by atoms with Gasteiger partial charge in [0.2, 0.25) is 10.0 Å². The van der Waals surface area contributed by atoms with E-state index < -0.39 is 21.8 Å². The van der Waals surface area contributed by atoms with Gasteiger partial charge in [0.1, 0.15) is 0 Å². The summed E-state index contributed by atoms with van der Waals surface area (Å²) in [6.07, 6.45) is 6.87. The largest absolute Gasteiger partial charge is 0.394 e. The summed E-state index contributed by atoms with van der Waals surface area (Å²) < 4.78 is 38.4. The molecule has 0 radical (unpaired) electrons. The van der Waals surface area contributed by atoms with Crippen LogP contribution in [0.3, 0.4) is 0 Å². The normalized spacial score (nSPS) is 17.1. The number of sulfonamides is 1. The Balaban J connectivity index is 1.15. The fraction of sp³-hybridized carbons (Fsp3) is 0.333. The van der Waals surface area contributed by atoms with Crippen molar-refractivity contribution in [3.63, 3.8) is 0 Å². The predicted octanol–water partition coefficient (Wildman–Crippen LogP) is 8.55. The van der Waals surface area contributed by atoms with Gasteiger partial charge in [0, 0.05) is 43.1 Å². The Hall–Kier alpha value is -4.07. The molecule has 4 aromatic carbocycles. The van der Waals surface area contributed by atoms with Crippen LogP contribution in [0.4, 0.5) is 17.1 Å². The maximum Gasteiger partial charge on any atom is 0.347 e. The number of nitrogens with zero attached hydrogens (tertiary/aromatic N) is 2. The minimum atomic E-state index is -3.96. The molecule has 6 rings (SSSR count).